The summed E-state index contributed by atoms with van der Waals surface area (Å²) >= 11 is 3.55. The average Bonchev–Trinajstić information content (AvgIpc) is 3.14. The van der Waals surface area contributed by atoms with Gasteiger partial charge < -0.3 is 41.0 Å². The first kappa shape index (κ1) is 42.8. The molecule has 14 heteroatoms. The van der Waals surface area contributed by atoms with E-state index in [-0.39, 0.29) is 24.3 Å². The van der Waals surface area contributed by atoms with E-state index in [0.717, 1.165) is 52.2 Å². The van der Waals surface area contributed by atoms with E-state index in [1.165, 1.54) is 0 Å². The van der Waals surface area contributed by atoms with Crippen LogP contribution in [0.25, 0.3) is 10.9 Å². The third-order valence-electron chi connectivity index (χ3n) is 9.02. The molecular formula is C41H53BrN6O7. The molecular weight excluding hydrogens is 768 g/mol. The number of unbranched alkanes of at least 4 members (excludes halogenated alkanes) is 3. The second-order valence-corrected chi connectivity index (χ2v) is 14.9. The van der Waals surface area contributed by atoms with Crippen molar-refractivity contribution >= 4 is 50.6 Å². The molecule has 3 aromatic carbocycles. The number of carbonyl (C=O) groups is 3. The van der Waals surface area contributed by atoms with Crippen molar-refractivity contribution in [3.63, 3.8) is 0 Å². The fourth-order valence-corrected chi connectivity index (χ4v) is 6.62. The number of methoxy groups -OCH3 is 1. The number of nitrogens with zero attached hydrogens (tertiary/aromatic N) is 2. The maximum atomic E-state index is 13.1. The predicted octanol–water partition coefficient (Wildman–Crippen LogP) is 6.71. The molecule has 1 heterocycles. The van der Waals surface area contributed by atoms with Crippen molar-refractivity contribution in [1.82, 2.24) is 25.9 Å². The Labute approximate surface area is 331 Å². The van der Waals surface area contributed by atoms with E-state index in [0.29, 0.717) is 42.7 Å². The maximum Gasteiger partial charge on any atom is 0.404 e. The van der Waals surface area contributed by atoms with Crippen LogP contribution in [0.15, 0.2) is 71.2 Å². The normalized spacial score (nSPS) is 13.4. The predicted molar refractivity (Wildman–Crippen MR) is 216 cm³/mol. The Hall–Kier alpha value is -4.95. The number of ether oxygens (including phenoxy) is 2. The van der Waals surface area contributed by atoms with Crippen molar-refractivity contribution in [3.05, 3.63) is 88.2 Å². The number of aliphatic hydroxyl groups is 1. The monoisotopic (exact) mass is 820 g/mol. The van der Waals surface area contributed by atoms with E-state index in [4.69, 9.17) is 9.47 Å². The quantitative estimate of drug-likeness (QED) is 0.0494. The lowest BCUT2D eigenvalue weighted by molar-refractivity contribution is -0.135. The summed E-state index contributed by atoms with van der Waals surface area (Å²) in [4.78, 5) is 46.9. The second-order valence-electron chi connectivity index (χ2n) is 14.0. The number of hydrogen-bond donors (Lipinski definition) is 6. The molecule has 1 aromatic heterocycles. The molecule has 0 aliphatic heterocycles. The van der Waals surface area contributed by atoms with Crippen LogP contribution >= 0.6 is 15.9 Å². The van der Waals surface area contributed by atoms with Gasteiger partial charge in [-0.15, -0.1) is 0 Å². The second kappa shape index (κ2) is 21.2. The Morgan fingerprint density at radius 1 is 0.873 bits per heavy atom. The Balaban J connectivity index is 1.24. The van der Waals surface area contributed by atoms with Gasteiger partial charge in [-0.05, 0) is 74.8 Å². The lowest BCUT2D eigenvalue weighted by Crippen LogP contribution is -2.56. The summed E-state index contributed by atoms with van der Waals surface area (Å²) in [5.41, 5.74) is 2.61. The van der Waals surface area contributed by atoms with Crippen molar-refractivity contribution in [3.8, 4) is 11.5 Å². The van der Waals surface area contributed by atoms with Gasteiger partial charge in [-0.1, -0.05) is 85.1 Å². The molecule has 0 radical (unpaired) electrons. The summed E-state index contributed by atoms with van der Waals surface area (Å²) < 4.78 is 12.8. The zero-order valence-electron chi connectivity index (χ0n) is 32.1. The van der Waals surface area contributed by atoms with E-state index >= 15 is 0 Å². The molecule has 13 nitrogen and oxygen atoms in total. The number of hydrogen-bond acceptors (Lipinski definition) is 9. The molecule has 55 heavy (non-hydrogen) atoms. The lowest BCUT2D eigenvalue weighted by Gasteiger charge is -2.26. The number of aryl methyl sites for hydroxylation is 1. The van der Waals surface area contributed by atoms with Crippen LogP contribution in [0.4, 0.5) is 10.6 Å². The van der Waals surface area contributed by atoms with Gasteiger partial charge in [0.15, 0.2) is 17.6 Å². The number of carboxylic acid groups (broad SMARTS) is 1. The van der Waals surface area contributed by atoms with Crippen molar-refractivity contribution in [2.75, 3.05) is 25.6 Å². The highest BCUT2D eigenvalue weighted by molar-refractivity contribution is 9.10. The molecule has 0 unspecified atom stereocenters. The summed E-state index contributed by atoms with van der Waals surface area (Å²) in [6.07, 6.45) is 0.618. The minimum absolute atomic E-state index is 0.000270. The Bertz CT molecular complexity index is 1880. The molecule has 0 saturated heterocycles. The number of halogens is 1. The molecule has 6 N–H and O–H groups in total. The number of benzene rings is 3. The van der Waals surface area contributed by atoms with Crippen molar-refractivity contribution in [1.29, 1.82) is 0 Å². The number of rotatable bonds is 21. The Morgan fingerprint density at radius 3 is 2.31 bits per heavy atom. The van der Waals surface area contributed by atoms with E-state index in [2.05, 4.69) is 66.2 Å². The van der Waals surface area contributed by atoms with Crippen LogP contribution < -0.4 is 30.7 Å². The van der Waals surface area contributed by atoms with Gasteiger partial charge in [-0.2, -0.15) is 0 Å². The topological polar surface area (TPSA) is 184 Å². The first-order valence-electron chi connectivity index (χ1n) is 18.6. The zero-order chi connectivity index (χ0) is 39.9. The van der Waals surface area contributed by atoms with Crippen LogP contribution in [0, 0.1) is 12.8 Å². The van der Waals surface area contributed by atoms with Gasteiger partial charge in [0, 0.05) is 22.5 Å². The number of amides is 3. The first-order valence-corrected chi connectivity index (χ1v) is 19.4. The number of anilines is 1. The van der Waals surface area contributed by atoms with Crippen molar-refractivity contribution < 1.29 is 34.1 Å². The van der Waals surface area contributed by atoms with Crippen LogP contribution in [-0.4, -0.2) is 76.5 Å². The SMILES string of the molecule is COc1cc2c(N[C@H](C)c3cccc(Br)c3)nc(C)nc2cc1OCCCCCCNC(=O)[C@H](CC(C)C)NC(=O)[C@@H](O)[C@@H](Cc1ccccc1)NC(=O)O. The van der Waals surface area contributed by atoms with E-state index in [9.17, 15) is 24.6 Å². The third kappa shape index (κ3) is 13.4. The van der Waals surface area contributed by atoms with Gasteiger partial charge in [-0.25, -0.2) is 14.8 Å². The smallest absolute Gasteiger partial charge is 0.404 e. The highest BCUT2D eigenvalue weighted by Crippen LogP contribution is 2.35. The number of fused-ring (bicyclic) bond motifs is 1. The number of nitrogens with one attached hydrogen (secondary N) is 4. The molecule has 0 spiro atoms. The molecule has 4 rings (SSSR count). The van der Waals surface area contributed by atoms with E-state index in [1.54, 1.807) is 31.4 Å². The number of aromatic nitrogens is 2. The van der Waals surface area contributed by atoms with Crippen molar-refractivity contribution in [2.24, 2.45) is 5.92 Å². The van der Waals surface area contributed by atoms with Gasteiger partial charge in [0.1, 0.15) is 17.7 Å². The molecule has 4 aromatic rings. The van der Waals surface area contributed by atoms with Gasteiger partial charge in [0.2, 0.25) is 5.91 Å². The van der Waals surface area contributed by atoms with E-state index < -0.39 is 30.2 Å². The molecule has 0 aliphatic rings. The minimum Gasteiger partial charge on any atom is -0.493 e. The molecule has 0 aliphatic carbocycles. The average molecular weight is 822 g/mol. The third-order valence-corrected chi connectivity index (χ3v) is 9.51. The van der Waals surface area contributed by atoms with Crippen LogP contribution in [0.1, 0.15) is 75.9 Å². The Morgan fingerprint density at radius 2 is 1.62 bits per heavy atom. The van der Waals surface area contributed by atoms with Crippen LogP contribution in [0.2, 0.25) is 0 Å². The van der Waals surface area contributed by atoms with Gasteiger partial charge in [-0.3, -0.25) is 9.59 Å². The molecule has 4 atom stereocenters. The summed E-state index contributed by atoms with van der Waals surface area (Å²) in [7, 11) is 1.60. The summed E-state index contributed by atoms with van der Waals surface area (Å²) in [5.74, 6) is 1.43. The van der Waals surface area contributed by atoms with Crippen LogP contribution in [0.5, 0.6) is 11.5 Å². The molecule has 0 fully saturated rings. The fraction of sp³-hybridized carbons (Fsp3) is 0.439. The number of carbonyl (C=O) groups excluding carboxylic acids is 2. The standard InChI is InChI=1S/C41H53BrN6O7/c1-25(2)20-34(47-40(51)37(49)33(48-41(52)53)21-28-14-9-8-10-15-28)39(50)43-18-11-6-7-12-19-55-36-24-32-31(23-35(36)54-5)38(46-27(4)45-32)44-26(3)29-16-13-17-30(42)22-29/h8-10,13-17,22-26,33-34,37,48-49H,6-7,11-12,18-21H2,1-5H3,(H,43,50)(H,47,51)(H,52,53)(H,44,45,46)/t26-,33-,34+,37+/m1/s1. The largest absolute Gasteiger partial charge is 0.493 e. The highest BCUT2D eigenvalue weighted by Gasteiger charge is 2.31. The minimum atomic E-state index is -1.70. The zero-order valence-corrected chi connectivity index (χ0v) is 33.7. The molecule has 0 saturated carbocycles. The first-order chi connectivity index (χ1) is 26.3. The molecule has 296 valence electrons. The number of aliphatic hydroxyl groups excluding tert-OH is 1. The summed E-state index contributed by atoms with van der Waals surface area (Å²) in [6.45, 7) is 8.68. The highest BCUT2D eigenvalue weighted by atomic mass is 79.9. The molecule has 0 bridgehead atoms. The molecule has 3 amide bonds. The van der Waals surface area contributed by atoms with Crippen LogP contribution in [0.3, 0.4) is 0 Å². The summed E-state index contributed by atoms with van der Waals surface area (Å²) in [6, 6.07) is 18.9. The Kier molecular flexibility index (Phi) is 16.5. The maximum absolute atomic E-state index is 13.1. The van der Waals surface area contributed by atoms with Gasteiger partial charge in [0.25, 0.3) is 5.91 Å². The lowest BCUT2D eigenvalue weighted by atomic mass is 9.99. The fourth-order valence-electron chi connectivity index (χ4n) is 6.21. The van der Waals surface area contributed by atoms with E-state index in [1.807, 2.05) is 51.1 Å². The summed E-state index contributed by atoms with van der Waals surface area (Å²) in [5, 5.41) is 32.3. The van der Waals surface area contributed by atoms with Gasteiger partial charge in [0.05, 0.1) is 31.3 Å². The van der Waals surface area contributed by atoms with Crippen LogP contribution in [-0.2, 0) is 16.0 Å². The van der Waals surface area contributed by atoms with Crippen molar-refractivity contribution in [2.45, 2.75) is 90.4 Å². The van der Waals surface area contributed by atoms with Gasteiger partial charge >= 0.3 is 6.09 Å².